The first-order valence-corrected chi connectivity index (χ1v) is 8.89. The lowest BCUT2D eigenvalue weighted by Crippen LogP contribution is -2.22. The van der Waals surface area contributed by atoms with Crippen molar-refractivity contribution in [1.29, 1.82) is 0 Å². The summed E-state index contributed by atoms with van der Waals surface area (Å²) in [6.45, 7) is 8.18. The number of aryl methyl sites for hydroxylation is 2. The molecule has 4 nitrogen and oxygen atoms in total. The van der Waals surface area contributed by atoms with Gasteiger partial charge in [0.1, 0.15) is 5.65 Å². The lowest BCUT2D eigenvalue weighted by Gasteiger charge is -2.15. The molecule has 0 radical (unpaired) electrons. The molecule has 0 aliphatic carbocycles. The highest BCUT2D eigenvalue weighted by atomic mass is 16.1. The maximum Gasteiger partial charge on any atom is 0.227 e. The Bertz CT molecular complexity index is 907. The number of aromatic nitrogens is 2. The second kappa shape index (κ2) is 7.09. The van der Waals surface area contributed by atoms with Gasteiger partial charge in [-0.05, 0) is 49.9 Å². The van der Waals surface area contributed by atoms with Gasteiger partial charge in [0.15, 0.2) is 0 Å². The molecule has 0 aliphatic rings. The molecule has 0 unspecified atom stereocenters. The van der Waals surface area contributed by atoms with Crippen LogP contribution in [-0.2, 0) is 4.79 Å². The zero-order chi connectivity index (χ0) is 18.0. The summed E-state index contributed by atoms with van der Waals surface area (Å²) in [5, 5.41) is 3.09. The third-order valence-corrected chi connectivity index (χ3v) is 4.83. The smallest absolute Gasteiger partial charge is 0.227 e. The SMILES string of the molecule is CCC(CC)C(=O)Nc1cc(-c2cn3cccc(C)c3n2)ccc1C. The number of carbonyl (C=O) groups is 1. The summed E-state index contributed by atoms with van der Waals surface area (Å²) in [7, 11) is 0. The number of nitrogens with zero attached hydrogens (tertiary/aromatic N) is 2. The van der Waals surface area contributed by atoms with Crippen molar-refractivity contribution in [2.45, 2.75) is 40.5 Å². The summed E-state index contributed by atoms with van der Waals surface area (Å²) >= 11 is 0. The van der Waals surface area contributed by atoms with Crippen LogP contribution in [0.2, 0.25) is 0 Å². The summed E-state index contributed by atoms with van der Waals surface area (Å²) in [4.78, 5) is 17.2. The molecule has 1 N–H and O–H groups in total. The highest BCUT2D eigenvalue weighted by Gasteiger charge is 2.16. The normalized spacial score (nSPS) is 11.2. The lowest BCUT2D eigenvalue weighted by atomic mass is 10.0. The number of pyridine rings is 1. The Kier molecular flexibility index (Phi) is 4.88. The van der Waals surface area contributed by atoms with Gasteiger partial charge in [-0.25, -0.2) is 4.98 Å². The molecule has 4 heteroatoms. The Morgan fingerprint density at radius 3 is 2.60 bits per heavy atom. The fraction of sp³-hybridized carbons (Fsp3) is 0.333. The molecule has 2 heterocycles. The summed E-state index contributed by atoms with van der Waals surface area (Å²) in [5.74, 6) is 0.150. The maximum atomic E-state index is 12.4. The van der Waals surface area contributed by atoms with Gasteiger partial charge in [-0.1, -0.05) is 32.0 Å². The zero-order valence-corrected chi connectivity index (χ0v) is 15.3. The Morgan fingerprint density at radius 2 is 1.92 bits per heavy atom. The van der Waals surface area contributed by atoms with Gasteiger partial charge in [-0.2, -0.15) is 0 Å². The Morgan fingerprint density at radius 1 is 1.16 bits per heavy atom. The molecule has 0 bridgehead atoms. The van der Waals surface area contributed by atoms with Crippen molar-refractivity contribution in [3.63, 3.8) is 0 Å². The van der Waals surface area contributed by atoms with Crippen molar-refractivity contribution >= 4 is 17.2 Å². The number of carbonyl (C=O) groups excluding carboxylic acids is 1. The van der Waals surface area contributed by atoms with E-state index in [9.17, 15) is 4.79 Å². The average Bonchev–Trinajstić information content (AvgIpc) is 3.03. The molecule has 0 aliphatic heterocycles. The number of benzene rings is 1. The summed E-state index contributed by atoms with van der Waals surface area (Å²) in [6, 6.07) is 10.2. The van der Waals surface area contributed by atoms with Crippen LogP contribution in [0.5, 0.6) is 0 Å². The minimum Gasteiger partial charge on any atom is -0.326 e. The van der Waals surface area contributed by atoms with E-state index in [0.717, 1.165) is 46.6 Å². The maximum absolute atomic E-state index is 12.4. The number of amides is 1. The van der Waals surface area contributed by atoms with Crippen molar-refractivity contribution in [2.24, 2.45) is 5.92 Å². The fourth-order valence-electron chi connectivity index (χ4n) is 3.10. The molecule has 3 rings (SSSR count). The minimum absolute atomic E-state index is 0.0564. The molecule has 0 atom stereocenters. The minimum atomic E-state index is 0.0564. The molecule has 1 amide bonds. The van der Waals surface area contributed by atoms with E-state index in [1.807, 2.05) is 41.9 Å². The van der Waals surface area contributed by atoms with Gasteiger partial charge in [-0.15, -0.1) is 0 Å². The van der Waals surface area contributed by atoms with Crippen molar-refractivity contribution in [1.82, 2.24) is 9.38 Å². The second-order valence-corrected chi connectivity index (χ2v) is 6.58. The monoisotopic (exact) mass is 335 g/mol. The van der Waals surface area contributed by atoms with Crippen molar-refractivity contribution < 1.29 is 4.79 Å². The Balaban J connectivity index is 1.95. The number of hydrogen-bond donors (Lipinski definition) is 1. The summed E-state index contributed by atoms with van der Waals surface area (Å²) < 4.78 is 2.03. The number of fused-ring (bicyclic) bond motifs is 1. The van der Waals surface area contributed by atoms with Crippen molar-refractivity contribution in [2.75, 3.05) is 5.32 Å². The number of hydrogen-bond acceptors (Lipinski definition) is 2. The zero-order valence-electron chi connectivity index (χ0n) is 15.3. The molecule has 2 aromatic heterocycles. The standard InChI is InChI=1S/C21H25N3O/c1-5-16(6-2)21(25)23-18-12-17(10-9-14(18)3)19-13-24-11-7-8-15(4)20(24)22-19/h7-13,16H,5-6H2,1-4H3,(H,23,25). The van der Waals surface area contributed by atoms with E-state index in [2.05, 4.69) is 38.2 Å². The first kappa shape index (κ1) is 17.2. The van der Waals surface area contributed by atoms with Crippen molar-refractivity contribution in [3.05, 3.63) is 53.9 Å². The molecule has 0 saturated carbocycles. The van der Waals surface area contributed by atoms with E-state index >= 15 is 0 Å². The van der Waals surface area contributed by atoms with Crippen LogP contribution in [0.15, 0.2) is 42.7 Å². The average molecular weight is 335 g/mol. The topological polar surface area (TPSA) is 46.4 Å². The van der Waals surface area contributed by atoms with Crippen LogP contribution in [0.4, 0.5) is 5.69 Å². The first-order valence-electron chi connectivity index (χ1n) is 8.89. The third kappa shape index (κ3) is 3.43. The van der Waals surface area contributed by atoms with Crippen LogP contribution < -0.4 is 5.32 Å². The summed E-state index contributed by atoms with van der Waals surface area (Å²) in [5.41, 5.74) is 5.94. The van der Waals surface area contributed by atoms with Gasteiger partial charge in [0.25, 0.3) is 0 Å². The molecule has 25 heavy (non-hydrogen) atoms. The van der Waals surface area contributed by atoms with Gasteiger partial charge in [0.2, 0.25) is 5.91 Å². The number of imidazole rings is 1. The molecule has 1 aromatic carbocycles. The summed E-state index contributed by atoms with van der Waals surface area (Å²) in [6.07, 6.45) is 5.74. The van der Waals surface area contributed by atoms with E-state index in [0.29, 0.717) is 0 Å². The van der Waals surface area contributed by atoms with Crippen LogP contribution in [0, 0.1) is 19.8 Å². The van der Waals surface area contributed by atoms with Gasteiger partial charge in [-0.3, -0.25) is 4.79 Å². The van der Waals surface area contributed by atoms with Crippen molar-refractivity contribution in [3.8, 4) is 11.3 Å². The largest absolute Gasteiger partial charge is 0.326 e. The van der Waals surface area contributed by atoms with E-state index in [1.165, 1.54) is 0 Å². The fourth-order valence-corrected chi connectivity index (χ4v) is 3.10. The van der Waals surface area contributed by atoms with Crippen LogP contribution in [-0.4, -0.2) is 15.3 Å². The van der Waals surface area contributed by atoms with Crippen LogP contribution in [0.25, 0.3) is 16.9 Å². The molecule has 3 aromatic rings. The Hall–Kier alpha value is -2.62. The van der Waals surface area contributed by atoms with Gasteiger partial charge >= 0.3 is 0 Å². The molecule has 0 saturated heterocycles. The molecular weight excluding hydrogens is 310 g/mol. The van der Waals surface area contributed by atoms with Gasteiger partial charge in [0.05, 0.1) is 5.69 Å². The van der Waals surface area contributed by atoms with E-state index in [4.69, 9.17) is 4.98 Å². The molecule has 130 valence electrons. The molecular formula is C21H25N3O. The number of rotatable bonds is 5. The predicted octanol–water partition coefficient (Wildman–Crippen LogP) is 4.99. The molecule has 0 spiro atoms. The van der Waals surface area contributed by atoms with Crippen LogP contribution >= 0.6 is 0 Å². The quantitative estimate of drug-likeness (QED) is 0.714. The molecule has 0 fully saturated rings. The second-order valence-electron chi connectivity index (χ2n) is 6.58. The van der Waals surface area contributed by atoms with Crippen LogP contribution in [0.1, 0.15) is 37.8 Å². The van der Waals surface area contributed by atoms with E-state index in [-0.39, 0.29) is 11.8 Å². The third-order valence-electron chi connectivity index (χ3n) is 4.83. The lowest BCUT2D eigenvalue weighted by molar-refractivity contribution is -0.120. The number of anilines is 1. The van der Waals surface area contributed by atoms with E-state index in [1.54, 1.807) is 0 Å². The highest BCUT2D eigenvalue weighted by Crippen LogP contribution is 2.26. The van der Waals surface area contributed by atoms with E-state index < -0.39 is 0 Å². The first-order chi connectivity index (χ1) is 12.0. The van der Waals surface area contributed by atoms with Gasteiger partial charge < -0.3 is 9.72 Å². The predicted molar refractivity (Wildman–Crippen MR) is 103 cm³/mol. The Labute approximate surface area is 148 Å². The van der Waals surface area contributed by atoms with Gasteiger partial charge in [0, 0.05) is 29.6 Å². The number of nitrogens with one attached hydrogen (secondary N) is 1. The highest BCUT2D eigenvalue weighted by molar-refractivity contribution is 5.94. The van der Waals surface area contributed by atoms with Crippen LogP contribution in [0.3, 0.4) is 0 Å².